The molecular weight excluding hydrogens is 266 g/mol. The Morgan fingerprint density at radius 3 is 2.71 bits per heavy atom. The van der Waals surface area contributed by atoms with Crippen LogP contribution < -0.4 is 9.47 Å². The average molecular weight is 283 g/mol. The number of nitrogens with zero attached hydrogens (tertiary/aromatic N) is 1. The van der Waals surface area contributed by atoms with Crippen LogP contribution in [0.2, 0.25) is 0 Å². The zero-order chi connectivity index (χ0) is 14.4. The minimum atomic E-state index is 0.0458. The summed E-state index contributed by atoms with van der Waals surface area (Å²) in [6.07, 6.45) is 1.04. The average Bonchev–Trinajstić information content (AvgIpc) is 2.94. The number of fused-ring (bicyclic) bond motifs is 2. The Labute approximate surface area is 123 Å². The van der Waals surface area contributed by atoms with Crippen LogP contribution in [0.5, 0.6) is 17.2 Å². The predicted octanol–water partition coefficient (Wildman–Crippen LogP) is 2.70. The van der Waals surface area contributed by atoms with E-state index in [4.69, 9.17) is 9.47 Å². The molecule has 4 rings (SSSR count). The molecule has 21 heavy (non-hydrogen) atoms. The molecule has 0 spiro atoms. The molecule has 4 nitrogen and oxygen atoms in total. The summed E-state index contributed by atoms with van der Waals surface area (Å²) in [5.74, 6) is 1.58. The Morgan fingerprint density at radius 2 is 1.86 bits per heavy atom. The van der Waals surface area contributed by atoms with Gasteiger partial charge in [0.15, 0.2) is 11.5 Å². The SMILES string of the molecule is CN1CCc2ccccc2C1c1cc2c(cc1O)OCO2. The van der Waals surface area contributed by atoms with Crippen molar-refractivity contribution in [2.45, 2.75) is 12.5 Å². The van der Waals surface area contributed by atoms with Crippen molar-refractivity contribution in [3.8, 4) is 17.2 Å². The van der Waals surface area contributed by atoms with Gasteiger partial charge < -0.3 is 14.6 Å². The summed E-state index contributed by atoms with van der Waals surface area (Å²) in [5.41, 5.74) is 3.46. The lowest BCUT2D eigenvalue weighted by Gasteiger charge is -2.35. The maximum atomic E-state index is 10.4. The van der Waals surface area contributed by atoms with E-state index < -0.39 is 0 Å². The summed E-state index contributed by atoms with van der Waals surface area (Å²) >= 11 is 0. The Balaban J connectivity index is 1.86. The molecule has 0 fully saturated rings. The molecule has 2 aliphatic heterocycles. The van der Waals surface area contributed by atoms with Gasteiger partial charge in [0, 0.05) is 18.2 Å². The van der Waals surface area contributed by atoms with Crippen LogP contribution in [0.3, 0.4) is 0 Å². The third-order valence-electron chi connectivity index (χ3n) is 4.34. The molecule has 4 heteroatoms. The van der Waals surface area contributed by atoms with E-state index in [-0.39, 0.29) is 18.6 Å². The van der Waals surface area contributed by atoms with Crippen LogP contribution in [0.15, 0.2) is 36.4 Å². The number of ether oxygens (including phenoxy) is 2. The van der Waals surface area contributed by atoms with Gasteiger partial charge in [-0.25, -0.2) is 0 Å². The topological polar surface area (TPSA) is 41.9 Å². The largest absolute Gasteiger partial charge is 0.507 e. The molecule has 2 aliphatic rings. The first-order chi connectivity index (χ1) is 10.2. The number of benzene rings is 2. The Morgan fingerprint density at radius 1 is 1.10 bits per heavy atom. The van der Waals surface area contributed by atoms with Crippen molar-refractivity contribution < 1.29 is 14.6 Å². The lowest BCUT2D eigenvalue weighted by molar-refractivity contribution is 0.173. The summed E-state index contributed by atoms with van der Waals surface area (Å²) < 4.78 is 10.8. The molecule has 2 aromatic rings. The van der Waals surface area contributed by atoms with E-state index in [9.17, 15) is 5.11 Å². The molecule has 0 aromatic heterocycles. The molecule has 1 unspecified atom stereocenters. The third kappa shape index (κ3) is 1.94. The molecule has 2 heterocycles. The van der Waals surface area contributed by atoms with E-state index in [1.807, 2.05) is 6.07 Å². The first kappa shape index (κ1) is 12.5. The zero-order valence-electron chi connectivity index (χ0n) is 11.9. The number of rotatable bonds is 1. The van der Waals surface area contributed by atoms with Crippen molar-refractivity contribution in [1.82, 2.24) is 4.90 Å². The van der Waals surface area contributed by atoms with Crippen LogP contribution in [0.4, 0.5) is 0 Å². The molecule has 0 saturated heterocycles. The molecule has 0 bridgehead atoms. The number of phenols is 1. The van der Waals surface area contributed by atoms with E-state index in [0.717, 1.165) is 18.5 Å². The normalized spacial score (nSPS) is 20.3. The zero-order valence-corrected chi connectivity index (χ0v) is 11.9. The maximum absolute atomic E-state index is 10.4. The lowest BCUT2D eigenvalue weighted by atomic mass is 9.88. The van der Waals surface area contributed by atoms with Crippen LogP contribution >= 0.6 is 0 Å². The molecule has 108 valence electrons. The van der Waals surface area contributed by atoms with Gasteiger partial charge in [-0.05, 0) is 30.7 Å². The second-order valence-electron chi connectivity index (χ2n) is 5.60. The fraction of sp³-hybridized carbons (Fsp3) is 0.294. The van der Waals surface area contributed by atoms with Gasteiger partial charge in [-0.1, -0.05) is 24.3 Å². The summed E-state index contributed by atoms with van der Waals surface area (Å²) in [5, 5.41) is 10.4. The lowest BCUT2D eigenvalue weighted by Crippen LogP contribution is -2.32. The van der Waals surface area contributed by atoms with Crippen LogP contribution in [0.25, 0.3) is 0 Å². The highest BCUT2D eigenvalue weighted by Crippen LogP contribution is 2.44. The Kier molecular flexibility index (Phi) is 2.79. The van der Waals surface area contributed by atoms with E-state index in [1.165, 1.54) is 11.1 Å². The van der Waals surface area contributed by atoms with Gasteiger partial charge in [0.25, 0.3) is 0 Å². The standard InChI is InChI=1S/C17H17NO3/c1-18-7-6-11-4-2-3-5-12(11)17(18)13-8-15-16(9-14(13)19)21-10-20-15/h2-5,8-9,17,19H,6-7,10H2,1H3. The van der Waals surface area contributed by atoms with Gasteiger partial charge in [-0.15, -0.1) is 0 Å². The van der Waals surface area contributed by atoms with Gasteiger partial charge in [-0.3, -0.25) is 4.90 Å². The minimum Gasteiger partial charge on any atom is -0.507 e. The second-order valence-corrected chi connectivity index (χ2v) is 5.60. The molecule has 2 aromatic carbocycles. The van der Waals surface area contributed by atoms with Gasteiger partial charge in [0.1, 0.15) is 5.75 Å². The Bertz CT molecular complexity index is 698. The van der Waals surface area contributed by atoms with E-state index in [2.05, 4.69) is 36.2 Å². The fourth-order valence-corrected chi connectivity index (χ4v) is 3.26. The number of aromatic hydroxyl groups is 1. The highest BCUT2D eigenvalue weighted by Gasteiger charge is 2.30. The molecule has 1 N–H and O–H groups in total. The smallest absolute Gasteiger partial charge is 0.231 e. The van der Waals surface area contributed by atoms with Crippen molar-refractivity contribution in [1.29, 1.82) is 0 Å². The predicted molar refractivity (Wildman–Crippen MR) is 78.8 cm³/mol. The van der Waals surface area contributed by atoms with Gasteiger partial charge in [-0.2, -0.15) is 0 Å². The molecule has 0 saturated carbocycles. The number of hydrogen-bond acceptors (Lipinski definition) is 4. The molecule has 0 aliphatic carbocycles. The Hall–Kier alpha value is -2.20. The van der Waals surface area contributed by atoms with Crippen LogP contribution in [-0.2, 0) is 6.42 Å². The van der Waals surface area contributed by atoms with Crippen molar-refractivity contribution in [2.75, 3.05) is 20.4 Å². The monoisotopic (exact) mass is 283 g/mol. The quantitative estimate of drug-likeness (QED) is 0.873. The molecule has 0 amide bonds. The second kappa shape index (κ2) is 4.67. The summed E-state index contributed by atoms with van der Waals surface area (Å²) in [4.78, 5) is 2.26. The van der Waals surface area contributed by atoms with E-state index in [0.29, 0.717) is 11.5 Å². The van der Waals surface area contributed by atoms with Gasteiger partial charge in [0.05, 0.1) is 6.04 Å². The first-order valence-corrected chi connectivity index (χ1v) is 7.14. The third-order valence-corrected chi connectivity index (χ3v) is 4.34. The van der Waals surface area contributed by atoms with Crippen molar-refractivity contribution in [3.05, 3.63) is 53.1 Å². The molecule has 0 radical (unpaired) electrons. The number of hydrogen-bond donors (Lipinski definition) is 1. The van der Waals surface area contributed by atoms with E-state index in [1.54, 1.807) is 6.07 Å². The highest BCUT2D eigenvalue weighted by atomic mass is 16.7. The van der Waals surface area contributed by atoms with E-state index >= 15 is 0 Å². The first-order valence-electron chi connectivity index (χ1n) is 7.14. The highest BCUT2D eigenvalue weighted by molar-refractivity contribution is 5.55. The number of likely N-dealkylation sites (N-methyl/N-ethyl adjacent to an activating group) is 1. The van der Waals surface area contributed by atoms with Crippen LogP contribution in [-0.4, -0.2) is 30.4 Å². The van der Waals surface area contributed by atoms with Crippen molar-refractivity contribution in [3.63, 3.8) is 0 Å². The van der Waals surface area contributed by atoms with Gasteiger partial charge >= 0.3 is 0 Å². The molecule has 1 atom stereocenters. The maximum Gasteiger partial charge on any atom is 0.231 e. The number of phenolic OH excluding ortho intramolecular Hbond substituents is 1. The fourth-order valence-electron chi connectivity index (χ4n) is 3.26. The minimum absolute atomic E-state index is 0.0458. The molecular formula is C17H17NO3. The van der Waals surface area contributed by atoms with Crippen molar-refractivity contribution >= 4 is 0 Å². The van der Waals surface area contributed by atoms with Crippen LogP contribution in [0.1, 0.15) is 22.7 Å². The van der Waals surface area contributed by atoms with Gasteiger partial charge in [0.2, 0.25) is 6.79 Å². The summed E-state index contributed by atoms with van der Waals surface area (Å²) in [6.45, 7) is 1.19. The van der Waals surface area contributed by atoms with Crippen LogP contribution in [0, 0.1) is 0 Å². The summed E-state index contributed by atoms with van der Waals surface area (Å²) in [7, 11) is 2.09. The summed E-state index contributed by atoms with van der Waals surface area (Å²) in [6, 6.07) is 12.0. The van der Waals surface area contributed by atoms with Crippen molar-refractivity contribution in [2.24, 2.45) is 0 Å².